The summed E-state index contributed by atoms with van der Waals surface area (Å²) >= 11 is 0. The number of halogens is 20. The van der Waals surface area contributed by atoms with Crippen LogP contribution in [0.15, 0.2) is 54.7 Å². The summed E-state index contributed by atoms with van der Waals surface area (Å²) in [5, 5.41) is 8.84. The molecule has 0 radical (unpaired) electrons. The number of aliphatic carboxylic acids is 1. The molecule has 1 aromatic heterocycles. The molecule has 24 heteroatoms. The maximum atomic E-state index is 15.4. The summed E-state index contributed by atoms with van der Waals surface area (Å²) in [5.74, 6) is -72.2. The Bertz CT molecular complexity index is 2410. The van der Waals surface area contributed by atoms with Crippen LogP contribution in [0.5, 0.6) is 0 Å². The smallest absolute Gasteiger partial charge is 0.314 e. The summed E-state index contributed by atoms with van der Waals surface area (Å²) in [6.45, 7) is 0.699. The number of carboxylic acids is 1. The molecule has 326 valence electrons. The van der Waals surface area contributed by atoms with Gasteiger partial charge in [0.05, 0.1) is 0 Å². The second kappa shape index (κ2) is 17.4. The topological polar surface area (TPSA) is 41.2 Å². The Morgan fingerprint density at radius 3 is 0.919 bits per heavy atom. The Hall–Kier alpha value is -6.62. The minimum Gasteiger partial charge on any atom is -0.481 e. The van der Waals surface area contributed by atoms with Crippen molar-refractivity contribution in [3.63, 3.8) is 0 Å². The van der Waals surface area contributed by atoms with Gasteiger partial charge in [-0.15, -0.1) is 21.9 Å². The number of hydrogen-bond donors (Lipinski definition) is 1. The molecule has 0 aliphatic heterocycles. The van der Waals surface area contributed by atoms with Crippen LogP contribution in [0.25, 0.3) is 0 Å². The van der Waals surface area contributed by atoms with E-state index >= 15 is 35.1 Å². The maximum absolute atomic E-state index is 15.4. The van der Waals surface area contributed by atoms with Gasteiger partial charge in [-0.05, 0) is 0 Å². The number of aromatic nitrogens is 1. The van der Waals surface area contributed by atoms with Gasteiger partial charge in [-0.3, -0.25) is 4.79 Å². The zero-order valence-electron chi connectivity index (χ0n) is 29.5. The molecule has 6 aromatic rings. The predicted octanol–water partition coefficient (Wildman–Crippen LogP) is 7.50. The summed E-state index contributed by atoms with van der Waals surface area (Å²) in [6, 6.07) is 15.6. The van der Waals surface area contributed by atoms with E-state index in [2.05, 4.69) is 0 Å². The molecule has 1 N–H and O–H groups in total. The Balaban J connectivity index is 0.000000355. The van der Waals surface area contributed by atoms with E-state index in [-0.39, 0.29) is 6.42 Å². The van der Waals surface area contributed by atoms with Crippen LogP contribution in [0.2, 0.25) is 0 Å². The monoisotopic (exact) mass is 907 g/mol. The summed E-state index contributed by atoms with van der Waals surface area (Å²) in [4.78, 5) is 10.8. The van der Waals surface area contributed by atoms with Crippen molar-refractivity contribution >= 4 is 34.0 Å². The van der Waals surface area contributed by atoms with Crippen LogP contribution in [0.4, 0.5) is 87.8 Å². The Morgan fingerprint density at radius 2 is 0.645 bits per heavy atom. The molecule has 0 spiro atoms. The van der Waals surface area contributed by atoms with Gasteiger partial charge in [-0.25, -0.2) is 87.8 Å². The summed E-state index contributed by atoms with van der Waals surface area (Å²) in [7, 11) is 0. The first-order valence-corrected chi connectivity index (χ1v) is 16.4. The summed E-state index contributed by atoms with van der Waals surface area (Å²) in [6.07, 6.45) is -5.26. The van der Waals surface area contributed by atoms with Crippen molar-refractivity contribution in [2.24, 2.45) is 0 Å². The Morgan fingerprint density at radius 1 is 0.387 bits per heavy atom. The molecule has 62 heavy (non-hydrogen) atoms. The van der Waals surface area contributed by atoms with Crippen LogP contribution in [-0.4, -0.2) is 17.2 Å². The normalized spacial score (nSPS) is 11.5. The number of nitrogens with zero attached hydrogens (tertiary/aromatic N) is 1. The van der Waals surface area contributed by atoms with E-state index in [4.69, 9.17) is 5.11 Å². The van der Waals surface area contributed by atoms with E-state index in [1.165, 1.54) is 0 Å². The largest absolute Gasteiger partial charge is 0.481 e. The quantitative estimate of drug-likeness (QED) is 0.0566. The standard InChI is InChI=1S/C24BF20.C14H13NO2/c26-5-1(6(27)14(35)21(42)13(5)34)25(2-7(28)15(36)22(43)16(37)8(2)29,3-9(30)17(38)23(44)18(39)10(3)31)4-11(32)19(40)24(45)20(41)12(4)33;16-14(17)10-13-8-4-5-9-15(13)11-12-6-2-1-3-7-12/h;1-9H,10-11H2/q-1;/p+1. The zero-order valence-corrected chi connectivity index (χ0v) is 29.5. The van der Waals surface area contributed by atoms with Crippen molar-refractivity contribution in [1.29, 1.82) is 0 Å². The van der Waals surface area contributed by atoms with Crippen molar-refractivity contribution in [3.8, 4) is 0 Å². The van der Waals surface area contributed by atoms with Crippen LogP contribution in [-0.2, 0) is 17.8 Å². The second-order valence-electron chi connectivity index (χ2n) is 12.7. The fourth-order valence-electron chi connectivity index (χ4n) is 6.64. The van der Waals surface area contributed by atoms with Crippen LogP contribution in [0, 0.1) is 116 Å². The lowest BCUT2D eigenvalue weighted by atomic mass is 9.12. The minimum absolute atomic E-state index is 0.0493. The molecule has 0 unspecified atom stereocenters. The lowest BCUT2D eigenvalue weighted by Crippen LogP contribution is -2.81. The highest BCUT2D eigenvalue weighted by molar-refractivity contribution is 7.20. The average Bonchev–Trinajstić information content (AvgIpc) is 3.24. The van der Waals surface area contributed by atoms with Crippen molar-refractivity contribution in [3.05, 3.63) is 182 Å². The van der Waals surface area contributed by atoms with Crippen molar-refractivity contribution in [2.75, 3.05) is 0 Å². The molecule has 0 saturated carbocycles. The summed E-state index contributed by atoms with van der Waals surface area (Å²) < 4.78 is 296. The van der Waals surface area contributed by atoms with Crippen LogP contribution in [0.3, 0.4) is 0 Å². The van der Waals surface area contributed by atoms with E-state index in [0.717, 1.165) is 11.3 Å². The molecular formula is C38H14BF20NO2. The highest BCUT2D eigenvalue weighted by atomic mass is 19.2. The third-order valence-electron chi connectivity index (χ3n) is 9.27. The van der Waals surface area contributed by atoms with E-state index in [1.807, 2.05) is 59.3 Å². The van der Waals surface area contributed by atoms with E-state index in [9.17, 15) is 57.5 Å². The number of pyridine rings is 1. The number of rotatable bonds is 8. The number of benzene rings is 5. The van der Waals surface area contributed by atoms with Gasteiger partial charge in [0.25, 0.3) is 0 Å². The van der Waals surface area contributed by atoms with E-state index in [0.29, 0.717) is 6.54 Å². The first-order valence-electron chi connectivity index (χ1n) is 16.4. The van der Waals surface area contributed by atoms with Crippen LogP contribution in [0.1, 0.15) is 11.3 Å². The zero-order chi connectivity index (χ0) is 46.4. The third kappa shape index (κ3) is 7.43. The Labute approximate surface area is 331 Å². The number of carboxylic acid groups (broad SMARTS) is 1. The molecule has 1 heterocycles. The third-order valence-corrected chi connectivity index (χ3v) is 9.27. The fourth-order valence-corrected chi connectivity index (χ4v) is 6.64. The first kappa shape index (κ1) is 46.5. The summed E-state index contributed by atoms with van der Waals surface area (Å²) in [5.41, 5.74) is -12.4. The predicted molar refractivity (Wildman–Crippen MR) is 173 cm³/mol. The molecule has 5 aromatic carbocycles. The lowest BCUT2D eigenvalue weighted by molar-refractivity contribution is -0.695. The Kier molecular flexibility index (Phi) is 13.0. The molecule has 0 atom stereocenters. The van der Waals surface area contributed by atoms with E-state index < -0.39 is 150 Å². The maximum Gasteiger partial charge on any atom is 0.314 e. The molecule has 0 saturated heterocycles. The van der Waals surface area contributed by atoms with Crippen LogP contribution >= 0.6 is 0 Å². The van der Waals surface area contributed by atoms with Gasteiger partial charge in [0.2, 0.25) is 0 Å². The van der Waals surface area contributed by atoms with Gasteiger partial charge in [0, 0.05) is 17.7 Å². The van der Waals surface area contributed by atoms with Gasteiger partial charge in [-0.2, -0.15) is 4.57 Å². The van der Waals surface area contributed by atoms with Crippen molar-refractivity contribution < 1.29 is 102 Å². The van der Waals surface area contributed by atoms with Gasteiger partial charge < -0.3 is 5.11 Å². The minimum atomic E-state index is -7.22. The second-order valence-corrected chi connectivity index (χ2v) is 12.7. The van der Waals surface area contributed by atoms with Gasteiger partial charge in [0.15, 0.2) is 88.2 Å². The molecule has 0 bridgehead atoms. The van der Waals surface area contributed by atoms with Gasteiger partial charge in [-0.1, -0.05) is 36.4 Å². The molecule has 0 amide bonds. The lowest BCUT2D eigenvalue weighted by Gasteiger charge is -2.44. The first-order chi connectivity index (χ1) is 29.0. The molecule has 3 nitrogen and oxygen atoms in total. The molecule has 0 aliphatic rings. The highest BCUT2D eigenvalue weighted by Crippen LogP contribution is 2.30. The van der Waals surface area contributed by atoms with Crippen molar-refractivity contribution in [1.82, 2.24) is 0 Å². The molecular weight excluding hydrogens is 893 g/mol. The highest BCUT2D eigenvalue weighted by Gasteiger charge is 2.52. The molecule has 6 rings (SSSR count). The average molecular weight is 907 g/mol. The van der Waals surface area contributed by atoms with E-state index in [1.54, 1.807) is 0 Å². The molecule has 0 aliphatic carbocycles. The van der Waals surface area contributed by atoms with Gasteiger partial charge >= 0.3 is 5.97 Å². The van der Waals surface area contributed by atoms with Crippen molar-refractivity contribution in [2.45, 2.75) is 13.0 Å². The van der Waals surface area contributed by atoms with Crippen LogP contribution < -0.4 is 26.4 Å². The molecule has 0 fully saturated rings. The van der Waals surface area contributed by atoms with Gasteiger partial charge in [0.1, 0.15) is 59.1 Å². The number of hydrogen-bond acceptors (Lipinski definition) is 1. The number of carbonyl (C=O) groups is 1. The SMILES string of the molecule is Fc1c(F)c(F)c([B-](c2c(F)c(F)c(F)c(F)c2F)(c2c(F)c(F)c(F)c(F)c2F)c2c(F)c(F)c(F)c(F)c2F)c(F)c1F.O=C(O)Cc1cccc[n+]1Cc1ccccc1. The fraction of sp³-hybridized carbons (Fsp3) is 0.0526.